The van der Waals surface area contributed by atoms with E-state index in [2.05, 4.69) is 15.5 Å². The second-order valence-electron chi connectivity index (χ2n) is 3.79. The highest BCUT2D eigenvalue weighted by atomic mass is 16.5. The van der Waals surface area contributed by atoms with E-state index in [0.717, 1.165) is 5.69 Å². The van der Waals surface area contributed by atoms with Crippen molar-refractivity contribution in [3.05, 3.63) is 40.7 Å². The van der Waals surface area contributed by atoms with E-state index in [1.807, 2.05) is 0 Å². The highest BCUT2D eigenvalue weighted by molar-refractivity contribution is 5.85. The van der Waals surface area contributed by atoms with Crippen molar-refractivity contribution in [3.8, 4) is 0 Å². The molecule has 92 valence electrons. The number of H-pyrrole nitrogens is 1. The predicted octanol–water partition coefficient (Wildman–Crippen LogP) is 1.30. The summed E-state index contributed by atoms with van der Waals surface area (Å²) in [5.74, 6) is -0.502. The number of nitrogen functional groups attached to an aromatic ring is 1. The van der Waals surface area contributed by atoms with Crippen LogP contribution in [0.4, 0.5) is 11.4 Å². The average molecular weight is 246 g/mol. The summed E-state index contributed by atoms with van der Waals surface area (Å²) >= 11 is 0. The molecule has 2 aromatic heterocycles. The van der Waals surface area contributed by atoms with Crippen LogP contribution in [0.1, 0.15) is 5.69 Å². The van der Waals surface area contributed by atoms with Gasteiger partial charge < -0.3 is 20.0 Å². The highest BCUT2D eigenvalue weighted by Gasteiger charge is 2.07. The summed E-state index contributed by atoms with van der Waals surface area (Å²) in [6.45, 7) is 0.480. The lowest BCUT2D eigenvalue weighted by atomic mass is 10.2. The molecule has 3 aromatic rings. The molecule has 18 heavy (non-hydrogen) atoms. The van der Waals surface area contributed by atoms with Crippen molar-refractivity contribution < 1.29 is 8.94 Å². The molecule has 0 amide bonds. The first kappa shape index (κ1) is 10.5. The molecule has 0 bridgehead atoms. The Morgan fingerprint density at radius 3 is 3.11 bits per heavy atom. The number of aromatic nitrogens is 2. The third-order valence-electron chi connectivity index (χ3n) is 2.54. The fourth-order valence-corrected chi connectivity index (χ4v) is 1.68. The van der Waals surface area contributed by atoms with Crippen LogP contribution in [0.25, 0.3) is 11.1 Å². The molecule has 3 rings (SSSR count). The van der Waals surface area contributed by atoms with Crippen LogP contribution in [0.3, 0.4) is 0 Å². The van der Waals surface area contributed by atoms with Gasteiger partial charge in [0.25, 0.3) is 0 Å². The molecular weight excluding hydrogens is 236 g/mol. The van der Waals surface area contributed by atoms with Crippen LogP contribution in [-0.4, -0.2) is 10.1 Å². The SMILES string of the molecule is Nc1cc2oc(=O)[nH]c2cc1NCc1ccon1. The van der Waals surface area contributed by atoms with Gasteiger partial charge in [-0.3, -0.25) is 4.98 Å². The molecule has 0 atom stereocenters. The topological polar surface area (TPSA) is 110 Å². The van der Waals surface area contributed by atoms with Crippen LogP contribution in [0, 0.1) is 0 Å². The van der Waals surface area contributed by atoms with Gasteiger partial charge in [0.05, 0.1) is 23.4 Å². The lowest BCUT2D eigenvalue weighted by molar-refractivity contribution is 0.412. The zero-order chi connectivity index (χ0) is 12.5. The van der Waals surface area contributed by atoms with E-state index in [0.29, 0.717) is 29.0 Å². The second-order valence-corrected chi connectivity index (χ2v) is 3.79. The molecule has 2 heterocycles. The van der Waals surface area contributed by atoms with E-state index >= 15 is 0 Å². The van der Waals surface area contributed by atoms with E-state index in [9.17, 15) is 4.79 Å². The lowest BCUT2D eigenvalue weighted by Crippen LogP contribution is -2.02. The van der Waals surface area contributed by atoms with Gasteiger partial charge in [0.2, 0.25) is 0 Å². The molecule has 0 saturated carbocycles. The Bertz CT molecular complexity index is 726. The minimum Gasteiger partial charge on any atom is -0.408 e. The number of hydrogen-bond acceptors (Lipinski definition) is 6. The van der Waals surface area contributed by atoms with Crippen LogP contribution >= 0.6 is 0 Å². The van der Waals surface area contributed by atoms with Crippen molar-refractivity contribution in [3.63, 3.8) is 0 Å². The number of nitrogens with two attached hydrogens (primary N) is 1. The molecule has 0 aliphatic heterocycles. The van der Waals surface area contributed by atoms with Gasteiger partial charge in [-0.2, -0.15) is 0 Å². The number of anilines is 2. The Morgan fingerprint density at radius 1 is 1.44 bits per heavy atom. The highest BCUT2D eigenvalue weighted by Crippen LogP contribution is 2.24. The number of fused-ring (bicyclic) bond motifs is 1. The smallest absolute Gasteiger partial charge is 0.408 e. The second kappa shape index (κ2) is 3.95. The molecule has 1 aromatic carbocycles. The molecule has 0 aliphatic rings. The number of benzene rings is 1. The predicted molar refractivity (Wildman–Crippen MR) is 65.1 cm³/mol. The monoisotopic (exact) mass is 246 g/mol. The normalized spacial score (nSPS) is 10.9. The first-order valence-corrected chi connectivity index (χ1v) is 5.28. The van der Waals surface area contributed by atoms with Gasteiger partial charge in [-0.05, 0) is 6.07 Å². The average Bonchev–Trinajstić information content (AvgIpc) is 2.94. The minimum atomic E-state index is -0.502. The number of rotatable bonds is 3. The van der Waals surface area contributed by atoms with E-state index in [4.69, 9.17) is 14.7 Å². The standard InChI is InChI=1S/C11H10N4O3/c12-7-3-10-9(14-11(16)18-10)4-8(7)13-5-6-1-2-17-15-6/h1-4,13H,5,12H2,(H,14,16). The fourth-order valence-electron chi connectivity index (χ4n) is 1.68. The molecule has 4 N–H and O–H groups in total. The molecule has 0 spiro atoms. The summed E-state index contributed by atoms with van der Waals surface area (Å²) in [5.41, 5.74) is 8.83. The zero-order valence-corrected chi connectivity index (χ0v) is 9.27. The summed E-state index contributed by atoms with van der Waals surface area (Å²) in [4.78, 5) is 13.6. The zero-order valence-electron chi connectivity index (χ0n) is 9.27. The summed E-state index contributed by atoms with van der Waals surface area (Å²) < 4.78 is 9.63. The fraction of sp³-hybridized carbons (Fsp3) is 0.0909. The maximum Gasteiger partial charge on any atom is 0.417 e. The summed E-state index contributed by atoms with van der Waals surface area (Å²) in [6.07, 6.45) is 1.50. The summed E-state index contributed by atoms with van der Waals surface area (Å²) in [7, 11) is 0. The Kier molecular flexibility index (Phi) is 2.30. The van der Waals surface area contributed by atoms with Crippen LogP contribution in [0.2, 0.25) is 0 Å². The molecule has 0 fully saturated rings. The number of nitrogens with one attached hydrogen (secondary N) is 2. The number of hydrogen-bond donors (Lipinski definition) is 3. The molecule has 0 radical (unpaired) electrons. The van der Waals surface area contributed by atoms with Gasteiger partial charge in [-0.25, -0.2) is 4.79 Å². The quantitative estimate of drug-likeness (QED) is 0.601. The molecule has 7 nitrogen and oxygen atoms in total. The van der Waals surface area contributed by atoms with E-state index < -0.39 is 5.76 Å². The Morgan fingerprint density at radius 2 is 2.33 bits per heavy atom. The van der Waals surface area contributed by atoms with Crippen molar-refractivity contribution in [2.75, 3.05) is 11.1 Å². The number of nitrogens with zero attached hydrogens (tertiary/aromatic N) is 1. The first-order chi connectivity index (χ1) is 8.72. The molecule has 0 aliphatic carbocycles. The largest absolute Gasteiger partial charge is 0.417 e. The van der Waals surface area contributed by atoms with Crippen molar-refractivity contribution in [2.45, 2.75) is 6.54 Å². The number of aromatic amines is 1. The van der Waals surface area contributed by atoms with E-state index in [1.54, 1.807) is 18.2 Å². The van der Waals surface area contributed by atoms with Crippen LogP contribution in [0.15, 0.2) is 38.2 Å². The molecular formula is C11H10N4O3. The van der Waals surface area contributed by atoms with Crippen molar-refractivity contribution in [2.24, 2.45) is 0 Å². The summed E-state index contributed by atoms with van der Waals surface area (Å²) in [6, 6.07) is 5.06. The van der Waals surface area contributed by atoms with Crippen molar-refractivity contribution in [1.29, 1.82) is 0 Å². The Hall–Kier alpha value is -2.70. The van der Waals surface area contributed by atoms with Gasteiger partial charge in [-0.15, -0.1) is 0 Å². The van der Waals surface area contributed by atoms with E-state index in [-0.39, 0.29) is 0 Å². The summed E-state index contributed by atoms with van der Waals surface area (Å²) in [5, 5.41) is 6.88. The Balaban J connectivity index is 1.91. The third-order valence-corrected chi connectivity index (χ3v) is 2.54. The number of oxazole rings is 1. The maximum atomic E-state index is 11.1. The minimum absolute atomic E-state index is 0.435. The van der Waals surface area contributed by atoms with Gasteiger partial charge in [-0.1, -0.05) is 5.16 Å². The van der Waals surface area contributed by atoms with Crippen LogP contribution in [-0.2, 0) is 6.54 Å². The van der Waals surface area contributed by atoms with Gasteiger partial charge in [0, 0.05) is 12.1 Å². The van der Waals surface area contributed by atoms with Crippen molar-refractivity contribution >= 4 is 22.5 Å². The third kappa shape index (κ3) is 1.81. The van der Waals surface area contributed by atoms with Crippen LogP contribution < -0.4 is 16.8 Å². The van der Waals surface area contributed by atoms with Crippen molar-refractivity contribution in [1.82, 2.24) is 10.1 Å². The Labute approximate surface area is 101 Å². The molecule has 0 unspecified atom stereocenters. The lowest BCUT2D eigenvalue weighted by Gasteiger charge is -2.07. The van der Waals surface area contributed by atoms with Crippen LogP contribution in [0.5, 0.6) is 0 Å². The van der Waals surface area contributed by atoms with E-state index in [1.165, 1.54) is 6.26 Å². The van der Waals surface area contributed by atoms with Gasteiger partial charge >= 0.3 is 5.76 Å². The molecule has 0 saturated heterocycles. The molecule has 7 heteroatoms. The first-order valence-electron chi connectivity index (χ1n) is 5.28. The maximum absolute atomic E-state index is 11.1. The van der Waals surface area contributed by atoms with Gasteiger partial charge in [0.15, 0.2) is 5.58 Å². The van der Waals surface area contributed by atoms with Gasteiger partial charge in [0.1, 0.15) is 12.0 Å².